The molecular weight excluding hydrogens is 224 g/mol. The van der Waals surface area contributed by atoms with E-state index in [4.69, 9.17) is 5.73 Å². The molecule has 0 spiro atoms. The maximum atomic E-state index is 11.5. The highest BCUT2D eigenvalue weighted by molar-refractivity contribution is 5.90. The van der Waals surface area contributed by atoms with Crippen LogP contribution in [-0.4, -0.2) is 12.6 Å². The van der Waals surface area contributed by atoms with E-state index in [1.165, 1.54) is 18.4 Å². The number of nitrogens with two attached hydrogens (primary N) is 1. The van der Waals surface area contributed by atoms with Crippen LogP contribution in [0.4, 0.5) is 10.5 Å². The molecule has 0 bridgehead atoms. The zero-order valence-electron chi connectivity index (χ0n) is 11.5. The SMILES string of the molecule is CCCCCCN(C(N)=O)c1ccc(CC)cc1. The molecule has 1 aromatic carbocycles. The molecule has 1 rings (SSSR count). The smallest absolute Gasteiger partial charge is 0.319 e. The third-order valence-corrected chi connectivity index (χ3v) is 3.16. The van der Waals surface area contributed by atoms with Gasteiger partial charge in [-0.1, -0.05) is 45.2 Å². The summed E-state index contributed by atoms with van der Waals surface area (Å²) in [4.78, 5) is 13.1. The highest BCUT2D eigenvalue weighted by atomic mass is 16.2. The second-order valence-electron chi connectivity index (χ2n) is 4.57. The monoisotopic (exact) mass is 248 g/mol. The zero-order valence-corrected chi connectivity index (χ0v) is 11.5. The van der Waals surface area contributed by atoms with Crippen LogP contribution < -0.4 is 10.6 Å². The lowest BCUT2D eigenvalue weighted by molar-refractivity contribution is 0.253. The van der Waals surface area contributed by atoms with Crippen LogP contribution in [0.1, 0.15) is 45.1 Å². The molecule has 18 heavy (non-hydrogen) atoms. The Morgan fingerprint density at radius 2 is 1.78 bits per heavy atom. The number of nitrogens with zero attached hydrogens (tertiary/aromatic N) is 1. The fraction of sp³-hybridized carbons (Fsp3) is 0.533. The summed E-state index contributed by atoms with van der Waals surface area (Å²) in [5.74, 6) is 0. The first kappa shape index (κ1) is 14.6. The molecule has 100 valence electrons. The van der Waals surface area contributed by atoms with Gasteiger partial charge in [-0.25, -0.2) is 4.79 Å². The molecule has 0 aliphatic rings. The largest absolute Gasteiger partial charge is 0.351 e. The van der Waals surface area contributed by atoms with Crippen molar-refractivity contribution >= 4 is 11.7 Å². The minimum atomic E-state index is -0.365. The van der Waals surface area contributed by atoms with Crippen LogP contribution in [0, 0.1) is 0 Å². The summed E-state index contributed by atoms with van der Waals surface area (Å²) in [5, 5.41) is 0. The quantitative estimate of drug-likeness (QED) is 0.734. The van der Waals surface area contributed by atoms with Gasteiger partial charge in [-0.3, -0.25) is 4.90 Å². The standard InChI is InChI=1S/C15H24N2O/c1-3-5-6-7-12-17(15(16)18)14-10-8-13(4-2)9-11-14/h8-11H,3-7,12H2,1-2H3,(H2,16,18). The fourth-order valence-corrected chi connectivity index (χ4v) is 1.97. The zero-order chi connectivity index (χ0) is 13.4. The minimum Gasteiger partial charge on any atom is -0.351 e. The number of carbonyl (C=O) groups is 1. The van der Waals surface area contributed by atoms with Crippen LogP contribution in [0.5, 0.6) is 0 Å². The molecule has 0 saturated carbocycles. The number of benzene rings is 1. The molecule has 0 fully saturated rings. The van der Waals surface area contributed by atoms with Crippen molar-refractivity contribution in [3.05, 3.63) is 29.8 Å². The van der Waals surface area contributed by atoms with Gasteiger partial charge >= 0.3 is 6.03 Å². The Bertz CT molecular complexity index is 359. The molecule has 0 unspecified atom stereocenters. The Morgan fingerprint density at radius 1 is 1.11 bits per heavy atom. The van der Waals surface area contributed by atoms with Crippen molar-refractivity contribution in [2.45, 2.75) is 46.0 Å². The molecule has 0 atom stereocenters. The predicted octanol–water partition coefficient (Wildman–Crippen LogP) is 3.71. The lowest BCUT2D eigenvalue weighted by Crippen LogP contribution is -2.36. The van der Waals surface area contributed by atoms with Crippen molar-refractivity contribution in [2.75, 3.05) is 11.4 Å². The van der Waals surface area contributed by atoms with E-state index >= 15 is 0 Å². The summed E-state index contributed by atoms with van der Waals surface area (Å²) >= 11 is 0. The number of carbonyl (C=O) groups excluding carboxylic acids is 1. The highest BCUT2D eigenvalue weighted by Gasteiger charge is 2.11. The normalized spacial score (nSPS) is 10.3. The molecule has 1 aromatic rings. The Kier molecular flexibility index (Phi) is 6.26. The fourth-order valence-electron chi connectivity index (χ4n) is 1.97. The van der Waals surface area contributed by atoms with Gasteiger partial charge in [0, 0.05) is 12.2 Å². The molecule has 3 nitrogen and oxygen atoms in total. The van der Waals surface area contributed by atoms with Crippen molar-refractivity contribution in [2.24, 2.45) is 5.73 Å². The molecule has 0 aliphatic heterocycles. The topological polar surface area (TPSA) is 46.3 Å². The van der Waals surface area contributed by atoms with Crippen LogP contribution in [0.2, 0.25) is 0 Å². The number of amides is 2. The van der Waals surface area contributed by atoms with Gasteiger partial charge in [-0.15, -0.1) is 0 Å². The Hall–Kier alpha value is -1.51. The summed E-state index contributed by atoms with van der Waals surface area (Å²) in [6.07, 6.45) is 5.57. The van der Waals surface area contributed by atoms with Crippen LogP contribution >= 0.6 is 0 Å². The number of unbranched alkanes of at least 4 members (excludes halogenated alkanes) is 3. The highest BCUT2D eigenvalue weighted by Crippen LogP contribution is 2.16. The van der Waals surface area contributed by atoms with Gasteiger partial charge in [0.2, 0.25) is 0 Å². The molecule has 0 aromatic heterocycles. The Labute approximate surface area is 110 Å². The molecule has 2 amide bonds. The molecular formula is C15H24N2O. The van der Waals surface area contributed by atoms with Gasteiger partial charge in [0.05, 0.1) is 0 Å². The maximum Gasteiger partial charge on any atom is 0.319 e. The number of hydrogen-bond acceptors (Lipinski definition) is 1. The first-order chi connectivity index (χ1) is 8.69. The van der Waals surface area contributed by atoms with Crippen molar-refractivity contribution in [1.82, 2.24) is 0 Å². The van der Waals surface area contributed by atoms with E-state index in [-0.39, 0.29) is 6.03 Å². The van der Waals surface area contributed by atoms with Gasteiger partial charge in [-0.2, -0.15) is 0 Å². The number of hydrogen-bond donors (Lipinski definition) is 1. The minimum absolute atomic E-state index is 0.365. The van der Waals surface area contributed by atoms with E-state index in [9.17, 15) is 4.79 Å². The molecule has 2 N–H and O–H groups in total. The van der Waals surface area contributed by atoms with Gasteiger partial charge in [-0.05, 0) is 30.5 Å². The van der Waals surface area contributed by atoms with Crippen LogP contribution in [-0.2, 0) is 6.42 Å². The number of primary amides is 1. The second kappa shape index (κ2) is 7.75. The van der Waals surface area contributed by atoms with E-state index in [1.54, 1.807) is 4.90 Å². The maximum absolute atomic E-state index is 11.5. The van der Waals surface area contributed by atoms with Gasteiger partial charge in [0.1, 0.15) is 0 Å². The number of aryl methyl sites for hydroxylation is 1. The van der Waals surface area contributed by atoms with E-state index in [2.05, 4.69) is 26.0 Å². The van der Waals surface area contributed by atoms with Gasteiger partial charge < -0.3 is 5.73 Å². The first-order valence-corrected chi connectivity index (χ1v) is 6.85. The Balaban J connectivity index is 2.62. The molecule has 0 radical (unpaired) electrons. The van der Waals surface area contributed by atoms with Crippen molar-refractivity contribution < 1.29 is 4.79 Å². The summed E-state index contributed by atoms with van der Waals surface area (Å²) in [6, 6.07) is 7.69. The van der Waals surface area contributed by atoms with Crippen molar-refractivity contribution in [3.8, 4) is 0 Å². The number of urea groups is 1. The van der Waals surface area contributed by atoms with Crippen LogP contribution in [0.3, 0.4) is 0 Å². The van der Waals surface area contributed by atoms with E-state index in [0.29, 0.717) is 6.54 Å². The third kappa shape index (κ3) is 4.40. The number of anilines is 1. The van der Waals surface area contributed by atoms with E-state index in [0.717, 1.165) is 24.9 Å². The van der Waals surface area contributed by atoms with Crippen molar-refractivity contribution in [3.63, 3.8) is 0 Å². The average molecular weight is 248 g/mol. The van der Waals surface area contributed by atoms with Crippen LogP contribution in [0.15, 0.2) is 24.3 Å². The summed E-state index contributed by atoms with van der Waals surface area (Å²) in [7, 11) is 0. The van der Waals surface area contributed by atoms with E-state index < -0.39 is 0 Å². The Morgan fingerprint density at radius 3 is 2.28 bits per heavy atom. The van der Waals surface area contributed by atoms with Crippen LogP contribution in [0.25, 0.3) is 0 Å². The summed E-state index contributed by atoms with van der Waals surface area (Å²) in [5.41, 5.74) is 7.61. The molecule has 3 heteroatoms. The van der Waals surface area contributed by atoms with E-state index in [1.807, 2.05) is 12.1 Å². The first-order valence-electron chi connectivity index (χ1n) is 6.85. The van der Waals surface area contributed by atoms with Crippen molar-refractivity contribution in [1.29, 1.82) is 0 Å². The number of rotatable bonds is 7. The van der Waals surface area contributed by atoms with Gasteiger partial charge in [0.15, 0.2) is 0 Å². The molecule has 0 saturated heterocycles. The lowest BCUT2D eigenvalue weighted by atomic mass is 10.1. The second-order valence-corrected chi connectivity index (χ2v) is 4.57. The van der Waals surface area contributed by atoms with Gasteiger partial charge in [0.25, 0.3) is 0 Å². The predicted molar refractivity (Wildman–Crippen MR) is 76.9 cm³/mol. The summed E-state index contributed by atoms with van der Waals surface area (Å²) in [6.45, 7) is 5.00. The average Bonchev–Trinajstić information content (AvgIpc) is 2.39. The lowest BCUT2D eigenvalue weighted by Gasteiger charge is -2.20. The molecule has 0 heterocycles. The molecule has 0 aliphatic carbocycles. The third-order valence-electron chi connectivity index (χ3n) is 3.16. The summed E-state index contributed by atoms with van der Waals surface area (Å²) < 4.78 is 0.